The first-order valence-electron chi connectivity index (χ1n) is 5.22. The van der Waals surface area contributed by atoms with Crippen LogP contribution in [0.2, 0.25) is 10.0 Å². The third-order valence-corrected chi connectivity index (χ3v) is 3.92. The van der Waals surface area contributed by atoms with Crippen LogP contribution in [0, 0.1) is 0 Å². The zero-order valence-corrected chi connectivity index (χ0v) is 11.7. The molecule has 0 aromatic heterocycles. The van der Waals surface area contributed by atoms with Gasteiger partial charge in [0, 0.05) is 22.2 Å². The van der Waals surface area contributed by atoms with Crippen LogP contribution in [0.15, 0.2) is 18.2 Å². The summed E-state index contributed by atoms with van der Waals surface area (Å²) in [4.78, 5) is 0. The van der Waals surface area contributed by atoms with E-state index in [0.29, 0.717) is 21.7 Å². The van der Waals surface area contributed by atoms with Crippen molar-refractivity contribution in [3.05, 3.63) is 33.8 Å². The zero-order chi connectivity index (χ0) is 12.1. The van der Waals surface area contributed by atoms with Gasteiger partial charge in [0.25, 0.3) is 0 Å². The molecule has 0 aliphatic heterocycles. The van der Waals surface area contributed by atoms with Crippen molar-refractivity contribution in [1.82, 2.24) is 0 Å². The molecule has 0 saturated heterocycles. The lowest BCUT2D eigenvalue weighted by atomic mass is 10.1. The number of benzene rings is 1. The molecular formula is C12H16Cl2OS. The SMILES string of the molecule is CC(C)SCC(O)Cc1ccc(Cl)cc1Cl. The molecule has 1 nitrogen and oxygen atoms in total. The van der Waals surface area contributed by atoms with E-state index in [9.17, 15) is 5.11 Å². The summed E-state index contributed by atoms with van der Waals surface area (Å²) in [6, 6.07) is 5.37. The van der Waals surface area contributed by atoms with E-state index in [1.807, 2.05) is 6.07 Å². The van der Waals surface area contributed by atoms with Crippen LogP contribution in [0.5, 0.6) is 0 Å². The van der Waals surface area contributed by atoms with E-state index in [0.717, 1.165) is 11.3 Å². The average Bonchev–Trinajstić information content (AvgIpc) is 2.19. The maximum atomic E-state index is 9.83. The number of hydrogen-bond donors (Lipinski definition) is 1. The lowest BCUT2D eigenvalue weighted by Crippen LogP contribution is -2.15. The fraction of sp³-hybridized carbons (Fsp3) is 0.500. The molecule has 0 amide bonds. The highest BCUT2D eigenvalue weighted by molar-refractivity contribution is 7.99. The lowest BCUT2D eigenvalue weighted by Gasteiger charge is -2.13. The first kappa shape index (κ1) is 14.2. The van der Waals surface area contributed by atoms with Gasteiger partial charge in [0.15, 0.2) is 0 Å². The average molecular weight is 279 g/mol. The minimum Gasteiger partial charge on any atom is -0.392 e. The van der Waals surface area contributed by atoms with Crippen molar-refractivity contribution in [3.8, 4) is 0 Å². The molecule has 0 heterocycles. The van der Waals surface area contributed by atoms with Crippen molar-refractivity contribution >= 4 is 35.0 Å². The monoisotopic (exact) mass is 278 g/mol. The van der Waals surface area contributed by atoms with Crippen LogP contribution >= 0.6 is 35.0 Å². The molecule has 16 heavy (non-hydrogen) atoms. The molecule has 1 N–H and O–H groups in total. The molecule has 1 aromatic rings. The summed E-state index contributed by atoms with van der Waals surface area (Å²) < 4.78 is 0. The van der Waals surface area contributed by atoms with Gasteiger partial charge < -0.3 is 5.11 Å². The van der Waals surface area contributed by atoms with Gasteiger partial charge in [-0.2, -0.15) is 11.8 Å². The smallest absolute Gasteiger partial charge is 0.0671 e. The number of aliphatic hydroxyl groups excluding tert-OH is 1. The highest BCUT2D eigenvalue weighted by Crippen LogP contribution is 2.23. The first-order valence-corrected chi connectivity index (χ1v) is 7.03. The molecule has 90 valence electrons. The van der Waals surface area contributed by atoms with Gasteiger partial charge in [0.05, 0.1) is 6.10 Å². The summed E-state index contributed by atoms with van der Waals surface area (Å²) in [7, 11) is 0. The highest BCUT2D eigenvalue weighted by Gasteiger charge is 2.09. The molecule has 0 radical (unpaired) electrons. The van der Waals surface area contributed by atoms with E-state index in [4.69, 9.17) is 23.2 Å². The van der Waals surface area contributed by atoms with Crippen LogP contribution in [-0.4, -0.2) is 22.2 Å². The van der Waals surface area contributed by atoms with E-state index in [2.05, 4.69) is 13.8 Å². The number of rotatable bonds is 5. The summed E-state index contributed by atoms with van der Waals surface area (Å²) in [6.45, 7) is 4.24. The van der Waals surface area contributed by atoms with Crippen molar-refractivity contribution in [2.45, 2.75) is 31.6 Å². The van der Waals surface area contributed by atoms with Gasteiger partial charge in [-0.25, -0.2) is 0 Å². The fourth-order valence-electron chi connectivity index (χ4n) is 1.30. The number of aliphatic hydroxyl groups is 1. The van der Waals surface area contributed by atoms with Gasteiger partial charge >= 0.3 is 0 Å². The van der Waals surface area contributed by atoms with Crippen LogP contribution in [-0.2, 0) is 6.42 Å². The minimum atomic E-state index is -0.355. The Labute approximate surface area is 111 Å². The fourth-order valence-corrected chi connectivity index (χ4v) is 2.51. The Morgan fingerprint density at radius 1 is 1.31 bits per heavy atom. The molecule has 0 fully saturated rings. The standard InChI is InChI=1S/C12H16Cl2OS/c1-8(2)16-7-11(15)5-9-3-4-10(13)6-12(9)14/h3-4,6,8,11,15H,5,7H2,1-2H3. The number of hydrogen-bond acceptors (Lipinski definition) is 2. The second-order valence-corrected chi connectivity index (χ2v) is 6.43. The molecular weight excluding hydrogens is 263 g/mol. The molecule has 0 spiro atoms. The summed E-state index contributed by atoms with van der Waals surface area (Å²) in [5.74, 6) is 0.733. The topological polar surface area (TPSA) is 20.2 Å². The Hall–Kier alpha value is 0.110. The normalized spacial score (nSPS) is 13.1. The highest BCUT2D eigenvalue weighted by atomic mass is 35.5. The van der Waals surface area contributed by atoms with Crippen LogP contribution in [0.25, 0.3) is 0 Å². The maximum Gasteiger partial charge on any atom is 0.0671 e. The van der Waals surface area contributed by atoms with Gasteiger partial charge in [0.1, 0.15) is 0 Å². The third-order valence-electron chi connectivity index (χ3n) is 2.09. The van der Waals surface area contributed by atoms with Crippen molar-refractivity contribution in [1.29, 1.82) is 0 Å². The molecule has 4 heteroatoms. The second kappa shape index (κ2) is 6.75. The van der Waals surface area contributed by atoms with Crippen molar-refractivity contribution in [2.75, 3.05) is 5.75 Å². The van der Waals surface area contributed by atoms with Gasteiger partial charge in [-0.05, 0) is 22.9 Å². The van der Waals surface area contributed by atoms with Crippen molar-refractivity contribution < 1.29 is 5.11 Å². The summed E-state index contributed by atoms with van der Waals surface area (Å²) >= 11 is 13.6. The largest absolute Gasteiger partial charge is 0.392 e. The van der Waals surface area contributed by atoms with E-state index < -0.39 is 0 Å². The summed E-state index contributed by atoms with van der Waals surface area (Å²) in [5, 5.41) is 11.6. The van der Waals surface area contributed by atoms with Crippen LogP contribution < -0.4 is 0 Å². The van der Waals surface area contributed by atoms with Gasteiger partial charge in [0.2, 0.25) is 0 Å². The first-order chi connectivity index (χ1) is 7.49. The molecule has 1 unspecified atom stereocenters. The van der Waals surface area contributed by atoms with E-state index in [1.165, 1.54) is 0 Å². The Bertz CT molecular complexity index is 342. The zero-order valence-electron chi connectivity index (χ0n) is 9.41. The Morgan fingerprint density at radius 2 is 2.00 bits per heavy atom. The molecule has 0 aliphatic carbocycles. The summed E-state index contributed by atoms with van der Waals surface area (Å²) in [6.07, 6.45) is 0.224. The second-order valence-electron chi connectivity index (χ2n) is 3.98. The molecule has 0 saturated carbocycles. The van der Waals surface area contributed by atoms with Crippen LogP contribution in [0.1, 0.15) is 19.4 Å². The molecule has 0 bridgehead atoms. The number of thioether (sulfide) groups is 1. The summed E-state index contributed by atoms with van der Waals surface area (Å²) in [5.41, 5.74) is 0.947. The molecule has 1 atom stereocenters. The quantitative estimate of drug-likeness (QED) is 0.877. The minimum absolute atomic E-state index is 0.355. The third kappa shape index (κ3) is 4.96. The van der Waals surface area contributed by atoms with Crippen molar-refractivity contribution in [3.63, 3.8) is 0 Å². The van der Waals surface area contributed by atoms with E-state index in [-0.39, 0.29) is 6.10 Å². The molecule has 1 rings (SSSR count). The van der Waals surface area contributed by atoms with Crippen LogP contribution in [0.4, 0.5) is 0 Å². The molecule has 1 aromatic carbocycles. The van der Waals surface area contributed by atoms with Gasteiger partial charge in [-0.15, -0.1) is 0 Å². The van der Waals surface area contributed by atoms with Gasteiger partial charge in [-0.3, -0.25) is 0 Å². The van der Waals surface area contributed by atoms with E-state index in [1.54, 1.807) is 23.9 Å². The Balaban J connectivity index is 2.52. The Morgan fingerprint density at radius 3 is 2.56 bits per heavy atom. The predicted octanol–water partition coefficient (Wildman–Crippen LogP) is 4.04. The van der Waals surface area contributed by atoms with Crippen LogP contribution in [0.3, 0.4) is 0 Å². The van der Waals surface area contributed by atoms with Gasteiger partial charge in [-0.1, -0.05) is 43.1 Å². The maximum absolute atomic E-state index is 9.83. The molecule has 0 aliphatic rings. The number of halogens is 2. The lowest BCUT2D eigenvalue weighted by molar-refractivity contribution is 0.200. The predicted molar refractivity (Wildman–Crippen MR) is 73.8 cm³/mol. The van der Waals surface area contributed by atoms with Crippen molar-refractivity contribution in [2.24, 2.45) is 0 Å². The van der Waals surface area contributed by atoms with E-state index >= 15 is 0 Å². The Kier molecular flexibility index (Phi) is 5.98.